The number of rotatable bonds is 2. The summed E-state index contributed by atoms with van der Waals surface area (Å²) in [4.78, 5) is 0. The third-order valence-corrected chi connectivity index (χ3v) is 2.40. The molecule has 82 valence electrons. The van der Waals surface area contributed by atoms with E-state index in [4.69, 9.17) is 0 Å². The standard InChI is InChI=1S/C7H9OS.C5H5.Fe/c1-9(8)6-7-4-2-3-5-7;1-2-4-5-3-1;/h2-5H,6H2,1H3;1-5H;/q2*-1;+2/t9-;;/m1../s1. The minimum atomic E-state index is -0.695. The first-order valence-electron chi connectivity index (χ1n) is 4.46. The Morgan fingerprint density at radius 2 is 1.67 bits per heavy atom. The molecule has 0 unspecified atom stereocenters. The molecule has 15 heavy (non-hydrogen) atoms. The van der Waals surface area contributed by atoms with Crippen LogP contribution in [0.2, 0.25) is 0 Å². The van der Waals surface area contributed by atoms with E-state index in [0.29, 0.717) is 5.75 Å². The molecule has 2 aromatic carbocycles. The molecule has 0 aromatic heterocycles. The minimum Gasteiger partial charge on any atom is -0.261 e. The van der Waals surface area contributed by atoms with Crippen molar-refractivity contribution in [1.82, 2.24) is 0 Å². The van der Waals surface area contributed by atoms with Crippen LogP contribution in [0.4, 0.5) is 0 Å². The first-order chi connectivity index (χ1) is 6.79. The summed E-state index contributed by atoms with van der Waals surface area (Å²) >= 11 is 0. The largest absolute Gasteiger partial charge is 2.00 e. The predicted molar refractivity (Wildman–Crippen MR) is 61.8 cm³/mol. The maximum Gasteiger partial charge on any atom is 2.00 e. The molecule has 3 heteroatoms. The number of hydrogen-bond donors (Lipinski definition) is 0. The monoisotopic (exact) mass is 262 g/mol. The SMILES string of the molecule is C[S@@](=O)C[c-]1cccc1.[Fe+2].c1cc[cH-]c1. The van der Waals surface area contributed by atoms with Gasteiger partial charge in [0.15, 0.2) is 0 Å². The van der Waals surface area contributed by atoms with Gasteiger partial charge in [-0.3, -0.25) is 4.21 Å². The molecule has 0 spiro atoms. The van der Waals surface area contributed by atoms with E-state index >= 15 is 0 Å². The fourth-order valence-corrected chi connectivity index (χ4v) is 1.73. The smallest absolute Gasteiger partial charge is 0.261 e. The van der Waals surface area contributed by atoms with Gasteiger partial charge in [-0.05, 0) is 0 Å². The maximum absolute atomic E-state index is 10.6. The van der Waals surface area contributed by atoms with Crippen molar-refractivity contribution in [2.24, 2.45) is 0 Å². The molecule has 2 aromatic rings. The Labute approximate surface area is 104 Å². The van der Waals surface area contributed by atoms with E-state index in [-0.39, 0.29) is 17.1 Å². The predicted octanol–water partition coefficient (Wildman–Crippen LogP) is 2.69. The van der Waals surface area contributed by atoms with Crippen molar-refractivity contribution in [2.75, 3.05) is 6.26 Å². The van der Waals surface area contributed by atoms with E-state index in [9.17, 15) is 4.21 Å². The minimum absolute atomic E-state index is 0. The molecular weight excluding hydrogens is 248 g/mol. The summed E-state index contributed by atoms with van der Waals surface area (Å²) in [6, 6.07) is 17.9. The van der Waals surface area contributed by atoms with Gasteiger partial charge in [0.2, 0.25) is 0 Å². The molecule has 0 N–H and O–H groups in total. The van der Waals surface area contributed by atoms with Crippen molar-refractivity contribution < 1.29 is 21.3 Å². The molecule has 0 heterocycles. The third kappa shape index (κ3) is 7.32. The average Bonchev–Trinajstić information content (AvgIpc) is 2.75. The Hall–Kier alpha value is -0.631. The van der Waals surface area contributed by atoms with Crippen LogP contribution in [0.3, 0.4) is 0 Å². The molecule has 0 bridgehead atoms. The van der Waals surface area contributed by atoms with E-state index in [0.717, 1.165) is 5.56 Å². The zero-order chi connectivity index (χ0) is 10.2. The zero-order valence-corrected chi connectivity index (χ0v) is 10.5. The van der Waals surface area contributed by atoms with Gasteiger partial charge in [0, 0.05) is 22.8 Å². The first-order valence-corrected chi connectivity index (χ1v) is 6.19. The van der Waals surface area contributed by atoms with Crippen molar-refractivity contribution in [3.8, 4) is 0 Å². The Kier molecular flexibility index (Phi) is 8.30. The fraction of sp³-hybridized carbons (Fsp3) is 0.167. The van der Waals surface area contributed by atoms with Crippen LogP contribution < -0.4 is 0 Å². The quantitative estimate of drug-likeness (QED) is 0.600. The second-order valence-corrected chi connectivity index (χ2v) is 4.41. The van der Waals surface area contributed by atoms with Crippen LogP contribution >= 0.6 is 0 Å². The molecule has 0 amide bonds. The van der Waals surface area contributed by atoms with Gasteiger partial charge in [-0.25, -0.2) is 24.3 Å². The van der Waals surface area contributed by atoms with Crippen LogP contribution in [0.5, 0.6) is 0 Å². The molecule has 2 rings (SSSR count). The molecule has 0 aliphatic heterocycles. The molecule has 0 aliphatic carbocycles. The van der Waals surface area contributed by atoms with Crippen molar-refractivity contribution in [3.63, 3.8) is 0 Å². The fourth-order valence-electron chi connectivity index (χ4n) is 1.07. The Bertz CT molecular complexity index is 320. The van der Waals surface area contributed by atoms with Gasteiger partial charge in [-0.15, -0.1) is 5.56 Å². The molecule has 0 saturated heterocycles. The molecule has 1 atom stereocenters. The Morgan fingerprint density at radius 1 is 1.13 bits per heavy atom. The molecule has 0 aliphatic rings. The number of hydrogen-bond acceptors (Lipinski definition) is 1. The van der Waals surface area contributed by atoms with E-state index in [2.05, 4.69) is 0 Å². The van der Waals surface area contributed by atoms with Gasteiger partial charge in [0.1, 0.15) is 0 Å². The van der Waals surface area contributed by atoms with Crippen LogP contribution in [0.25, 0.3) is 0 Å². The van der Waals surface area contributed by atoms with Crippen LogP contribution in [0.15, 0.2) is 54.6 Å². The summed E-state index contributed by atoms with van der Waals surface area (Å²) in [5.74, 6) is 0.688. The van der Waals surface area contributed by atoms with Crippen LogP contribution in [0.1, 0.15) is 5.56 Å². The van der Waals surface area contributed by atoms with Crippen molar-refractivity contribution in [2.45, 2.75) is 5.75 Å². The molecule has 0 radical (unpaired) electrons. The van der Waals surface area contributed by atoms with Gasteiger partial charge in [0.25, 0.3) is 0 Å². The Balaban J connectivity index is 0.000000280. The average molecular weight is 262 g/mol. The van der Waals surface area contributed by atoms with E-state index < -0.39 is 10.8 Å². The summed E-state index contributed by atoms with van der Waals surface area (Å²) in [7, 11) is -0.695. The molecular formula is C12H14FeOS. The van der Waals surface area contributed by atoms with E-state index in [1.54, 1.807) is 6.26 Å². The normalized spacial score (nSPS) is 10.7. The summed E-state index contributed by atoms with van der Waals surface area (Å²) in [5, 5.41) is 0. The topological polar surface area (TPSA) is 17.1 Å². The van der Waals surface area contributed by atoms with Gasteiger partial charge < -0.3 is 0 Å². The maximum atomic E-state index is 10.6. The van der Waals surface area contributed by atoms with Gasteiger partial charge >= 0.3 is 17.1 Å². The van der Waals surface area contributed by atoms with Gasteiger partial charge in [-0.1, -0.05) is 0 Å². The van der Waals surface area contributed by atoms with Crippen molar-refractivity contribution in [3.05, 3.63) is 60.2 Å². The van der Waals surface area contributed by atoms with Crippen LogP contribution in [-0.2, 0) is 33.6 Å². The van der Waals surface area contributed by atoms with Crippen molar-refractivity contribution >= 4 is 10.8 Å². The molecule has 0 fully saturated rings. The Morgan fingerprint density at radius 3 is 2.00 bits per heavy atom. The second kappa shape index (κ2) is 8.66. The first kappa shape index (κ1) is 14.4. The van der Waals surface area contributed by atoms with E-state index in [1.165, 1.54) is 0 Å². The molecule has 0 saturated carbocycles. The van der Waals surface area contributed by atoms with Gasteiger partial charge in [0.05, 0.1) is 0 Å². The zero-order valence-electron chi connectivity index (χ0n) is 8.57. The summed E-state index contributed by atoms with van der Waals surface area (Å²) < 4.78 is 10.6. The van der Waals surface area contributed by atoms with Gasteiger partial charge in [-0.2, -0.15) is 30.3 Å². The van der Waals surface area contributed by atoms with Crippen LogP contribution in [-0.4, -0.2) is 10.5 Å². The molecule has 1 nitrogen and oxygen atoms in total. The van der Waals surface area contributed by atoms with Crippen molar-refractivity contribution in [1.29, 1.82) is 0 Å². The summed E-state index contributed by atoms with van der Waals surface area (Å²) in [5.41, 5.74) is 1.16. The van der Waals surface area contributed by atoms with Crippen LogP contribution in [0, 0.1) is 0 Å². The second-order valence-electron chi connectivity index (χ2n) is 2.97. The summed E-state index contributed by atoms with van der Waals surface area (Å²) in [6.07, 6.45) is 1.72. The third-order valence-electron chi connectivity index (χ3n) is 1.66. The summed E-state index contributed by atoms with van der Waals surface area (Å²) in [6.45, 7) is 0. The van der Waals surface area contributed by atoms with E-state index in [1.807, 2.05) is 54.6 Å².